The fraction of sp³-hybridized carbons (Fsp3) is 0.773. The highest BCUT2D eigenvalue weighted by Crippen LogP contribution is 2.58. The maximum Gasteiger partial charge on any atom is 0.195 e. The fourth-order valence-electron chi connectivity index (χ4n) is 5.74. The van der Waals surface area contributed by atoms with E-state index in [2.05, 4.69) is 6.92 Å². The molecule has 5 atom stereocenters. The maximum atomic E-state index is 12.8. The van der Waals surface area contributed by atoms with Crippen molar-refractivity contribution in [1.82, 2.24) is 0 Å². The zero-order chi connectivity index (χ0) is 18.6. The molecule has 5 heteroatoms. The van der Waals surface area contributed by atoms with Gasteiger partial charge < -0.3 is 19.3 Å². The van der Waals surface area contributed by atoms with E-state index in [0.717, 1.165) is 55.6 Å². The van der Waals surface area contributed by atoms with E-state index in [4.69, 9.17) is 14.2 Å². The van der Waals surface area contributed by atoms with Crippen LogP contribution >= 0.6 is 0 Å². The van der Waals surface area contributed by atoms with Crippen LogP contribution in [-0.2, 0) is 19.0 Å². The lowest BCUT2D eigenvalue weighted by molar-refractivity contribution is -0.177. The summed E-state index contributed by atoms with van der Waals surface area (Å²) in [4.78, 5) is 12.8. The first-order valence-electron chi connectivity index (χ1n) is 10.9. The molecule has 2 saturated heterocycles. The Kier molecular flexibility index (Phi) is 4.45. The van der Waals surface area contributed by atoms with E-state index in [1.54, 1.807) is 0 Å². The van der Waals surface area contributed by atoms with Crippen molar-refractivity contribution >= 4 is 5.78 Å². The van der Waals surface area contributed by atoms with Crippen LogP contribution in [0.2, 0.25) is 0 Å². The summed E-state index contributed by atoms with van der Waals surface area (Å²) in [5, 5.41) is 10.2. The lowest BCUT2D eigenvalue weighted by Gasteiger charge is -2.46. The number of fused-ring (bicyclic) bond motifs is 2. The van der Waals surface area contributed by atoms with Crippen LogP contribution in [0.4, 0.5) is 0 Å². The van der Waals surface area contributed by atoms with Crippen LogP contribution in [0.15, 0.2) is 22.7 Å². The van der Waals surface area contributed by atoms with Gasteiger partial charge in [0.25, 0.3) is 0 Å². The average molecular weight is 374 g/mol. The Hall–Kier alpha value is -1.17. The molecule has 1 N–H and O–H groups in total. The van der Waals surface area contributed by atoms with E-state index in [-0.39, 0.29) is 23.9 Å². The molecule has 1 unspecified atom stereocenters. The summed E-state index contributed by atoms with van der Waals surface area (Å²) in [7, 11) is 0. The van der Waals surface area contributed by atoms with Gasteiger partial charge in [-0.05, 0) is 25.7 Å². The van der Waals surface area contributed by atoms with Crippen LogP contribution in [0.3, 0.4) is 0 Å². The topological polar surface area (TPSA) is 65.0 Å². The molecule has 5 rings (SSSR count). The number of aliphatic hydroxyl groups excluding tert-OH is 1. The minimum Gasteiger partial charge on any atom is -0.465 e. The molecule has 2 bridgehead atoms. The van der Waals surface area contributed by atoms with Gasteiger partial charge >= 0.3 is 0 Å². The predicted molar refractivity (Wildman–Crippen MR) is 98.6 cm³/mol. The zero-order valence-corrected chi connectivity index (χ0v) is 16.2. The highest BCUT2D eigenvalue weighted by atomic mass is 16.8. The Morgan fingerprint density at radius 3 is 2.89 bits per heavy atom. The van der Waals surface area contributed by atoms with Gasteiger partial charge in [0.1, 0.15) is 17.6 Å². The van der Waals surface area contributed by atoms with Gasteiger partial charge in [0.15, 0.2) is 11.6 Å². The molecule has 2 aliphatic carbocycles. The van der Waals surface area contributed by atoms with Crippen LogP contribution in [-0.4, -0.2) is 35.0 Å². The Balaban J connectivity index is 1.46. The van der Waals surface area contributed by atoms with Crippen molar-refractivity contribution in [2.24, 2.45) is 5.92 Å². The Morgan fingerprint density at radius 2 is 2.04 bits per heavy atom. The standard InChI is InChI=1S/C22H30O5/c1-2-3-4-5-7-15-18-12-13-19-16(10-9-14(23)21(19)24)25-17-8-6-11-22(26-15,27-18)20(13)17/h13-15,18,23H,2-12H2,1H3/t13-,14?,15-,18-,22+/m0/s1. The van der Waals surface area contributed by atoms with E-state index in [0.29, 0.717) is 18.4 Å². The molecule has 0 aromatic heterocycles. The summed E-state index contributed by atoms with van der Waals surface area (Å²) >= 11 is 0. The Morgan fingerprint density at radius 1 is 1.15 bits per heavy atom. The van der Waals surface area contributed by atoms with Gasteiger partial charge in [-0.1, -0.05) is 32.6 Å². The van der Waals surface area contributed by atoms with E-state index in [1.165, 1.54) is 19.3 Å². The highest BCUT2D eigenvalue weighted by Gasteiger charge is 2.61. The number of hydrogen-bond acceptors (Lipinski definition) is 5. The Bertz CT molecular complexity index is 707. The smallest absolute Gasteiger partial charge is 0.195 e. The van der Waals surface area contributed by atoms with Crippen molar-refractivity contribution < 1.29 is 24.1 Å². The third-order valence-corrected chi connectivity index (χ3v) is 6.99. The highest BCUT2D eigenvalue weighted by molar-refractivity contribution is 6.01. The quantitative estimate of drug-likeness (QED) is 0.739. The molecule has 0 amide bonds. The van der Waals surface area contributed by atoms with Crippen molar-refractivity contribution in [2.75, 3.05) is 0 Å². The second-order valence-electron chi connectivity index (χ2n) is 8.75. The molecule has 27 heavy (non-hydrogen) atoms. The van der Waals surface area contributed by atoms with E-state index < -0.39 is 11.9 Å². The SMILES string of the molecule is CCCCCC[C@@H]1O[C@@]23CCCC4=C2[C@@H](C[C@@H]1O3)C1=C(CCC(O)C1=O)O4. The fourth-order valence-corrected chi connectivity index (χ4v) is 5.74. The molecule has 2 fully saturated rings. The Labute approximate surface area is 160 Å². The number of Topliss-reactive ketones (excluding diaryl/α,β-unsaturated/α-hetero) is 1. The molecule has 5 aliphatic rings. The van der Waals surface area contributed by atoms with Gasteiger partial charge in [0.2, 0.25) is 0 Å². The molecular formula is C22H30O5. The molecule has 5 nitrogen and oxygen atoms in total. The number of rotatable bonds is 5. The number of carbonyl (C=O) groups is 1. The van der Waals surface area contributed by atoms with Crippen LogP contribution in [0, 0.1) is 5.92 Å². The molecule has 3 heterocycles. The predicted octanol–water partition coefficient (Wildman–Crippen LogP) is 3.90. The van der Waals surface area contributed by atoms with Crippen molar-refractivity contribution in [3.63, 3.8) is 0 Å². The van der Waals surface area contributed by atoms with Gasteiger partial charge in [0, 0.05) is 36.3 Å². The van der Waals surface area contributed by atoms with Crippen LogP contribution in [0.5, 0.6) is 0 Å². The number of ketones is 1. The van der Waals surface area contributed by atoms with Crippen LogP contribution < -0.4 is 0 Å². The zero-order valence-electron chi connectivity index (χ0n) is 16.2. The van der Waals surface area contributed by atoms with Gasteiger partial charge in [-0.2, -0.15) is 0 Å². The van der Waals surface area contributed by atoms with Gasteiger partial charge in [-0.3, -0.25) is 4.79 Å². The van der Waals surface area contributed by atoms with Crippen molar-refractivity contribution in [2.45, 2.75) is 102 Å². The monoisotopic (exact) mass is 374 g/mol. The summed E-state index contributed by atoms with van der Waals surface area (Å²) in [5.41, 5.74) is 1.77. The summed E-state index contributed by atoms with van der Waals surface area (Å²) in [6, 6.07) is 0. The van der Waals surface area contributed by atoms with Crippen molar-refractivity contribution in [3.05, 3.63) is 22.7 Å². The van der Waals surface area contributed by atoms with Crippen molar-refractivity contribution in [3.8, 4) is 0 Å². The lowest BCUT2D eigenvalue weighted by atomic mass is 9.70. The summed E-state index contributed by atoms with van der Waals surface area (Å²) < 4.78 is 19.3. The number of carbonyl (C=O) groups excluding carboxylic acids is 1. The van der Waals surface area contributed by atoms with E-state index in [1.807, 2.05) is 0 Å². The minimum atomic E-state index is -0.889. The first-order chi connectivity index (χ1) is 13.1. The van der Waals surface area contributed by atoms with Crippen molar-refractivity contribution in [1.29, 1.82) is 0 Å². The van der Waals surface area contributed by atoms with Crippen LogP contribution in [0.25, 0.3) is 0 Å². The van der Waals surface area contributed by atoms with E-state index in [9.17, 15) is 9.90 Å². The molecule has 0 aromatic rings. The van der Waals surface area contributed by atoms with E-state index >= 15 is 0 Å². The number of ether oxygens (including phenoxy) is 3. The maximum absolute atomic E-state index is 12.8. The summed E-state index contributed by atoms with van der Waals surface area (Å²) in [6.07, 6.45) is 9.76. The molecule has 148 valence electrons. The molecule has 3 aliphatic heterocycles. The van der Waals surface area contributed by atoms with Crippen LogP contribution in [0.1, 0.15) is 77.6 Å². The summed E-state index contributed by atoms with van der Waals surface area (Å²) in [6.45, 7) is 2.22. The average Bonchev–Trinajstić information content (AvgIpc) is 2.92. The second-order valence-corrected chi connectivity index (χ2v) is 8.75. The molecular weight excluding hydrogens is 344 g/mol. The van der Waals surface area contributed by atoms with Gasteiger partial charge in [-0.25, -0.2) is 0 Å². The number of unbranched alkanes of at least 4 members (excludes halogenated alkanes) is 3. The minimum absolute atomic E-state index is 0.00546. The van der Waals surface area contributed by atoms with Gasteiger partial charge in [-0.15, -0.1) is 0 Å². The third kappa shape index (κ3) is 2.73. The molecule has 0 aromatic carbocycles. The first kappa shape index (κ1) is 17.9. The first-order valence-corrected chi connectivity index (χ1v) is 10.9. The lowest BCUT2D eigenvalue weighted by Crippen LogP contribution is -2.48. The molecule has 0 saturated carbocycles. The normalized spacial score (nSPS) is 40.0. The number of allylic oxidation sites excluding steroid dienone is 2. The largest absolute Gasteiger partial charge is 0.465 e. The third-order valence-electron chi connectivity index (χ3n) is 6.99. The molecule has 1 spiro atoms. The second kappa shape index (κ2) is 6.71. The molecule has 0 radical (unpaired) electrons. The summed E-state index contributed by atoms with van der Waals surface area (Å²) in [5.74, 6) is 0.934. The number of aliphatic hydroxyl groups is 1. The number of hydrogen-bond donors (Lipinski definition) is 1. The van der Waals surface area contributed by atoms with Gasteiger partial charge in [0.05, 0.1) is 12.2 Å².